The third kappa shape index (κ3) is 4.00. The van der Waals surface area contributed by atoms with E-state index in [1.54, 1.807) is 24.3 Å². The number of para-hydroxylation sites is 1. The van der Waals surface area contributed by atoms with Gasteiger partial charge >= 0.3 is 0 Å². The molecule has 0 saturated carbocycles. The van der Waals surface area contributed by atoms with Gasteiger partial charge in [-0.1, -0.05) is 26.0 Å². The topological polar surface area (TPSA) is 52.3 Å². The fourth-order valence-corrected chi connectivity index (χ4v) is 0.869. The molecule has 0 atom stereocenters. The quantitative estimate of drug-likeness (QED) is 0.601. The van der Waals surface area contributed by atoms with Gasteiger partial charge in [0.15, 0.2) is 6.29 Å². The summed E-state index contributed by atoms with van der Waals surface area (Å²) in [5, 5.41) is -0.0932. The van der Waals surface area contributed by atoms with Gasteiger partial charge in [0.2, 0.25) is 0 Å². The molecule has 0 aliphatic carbocycles. The molecule has 0 spiro atoms. The van der Waals surface area contributed by atoms with E-state index in [9.17, 15) is 4.79 Å². The summed E-state index contributed by atoms with van der Waals surface area (Å²) in [7, 11) is 0. The van der Waals surface area contributed by atoms with Crippen molar-refractivity contribution in [1.82, 2.24) is 0 Å². The van der Waals surface area contributed by atoms with E-state index in [1.807, 2.05) is 13.8 Å². The van der Waals surface area contributed by atoms with E-state index in [-0.39, 0.29) is 5.17 Å². The van der Waals surface area contributed by atoms with Gasteiger partial charge in [-0.25, -0.2) is 0 Å². The molecule has 0 amide bonds. The summed E-state index contributed by atoms with van der Waals surface area (Å²) < 4.78 is 4.91. The lowest BCUT2D eigenvalue weighted by Crippen LogP contribution is -2.16. The standard InChI is InChI=1S/C8H7NO2S.C2H6/c9-8(12)11-7-4-2-1-3-6(7)5-10;1-2/h1-5H,(H2,9,12);1-2H3. The molecule has 0 bridgehead atoms. The van der Waals surface area contributed by atoms with Crippen molar-refractivity contribution in [2.45, 2.75) is 13.8 Å². The Morgan fingerprint density at radius 1 is 1.43 bits per heavy atom. The van der Waals surface area contributed by atoms with Crippen LogP contribution in [0.15, 0.2) is 24.3 Å². The van der Waals surface area contributed by atoms with Crippen molar-refractivity contribution in [3.05, 3.63) is 29.8 Å². The summed E-state index contributed by atoms with van der Waals surface area (Å²) in [5.41, 5.74) is 5.58. The fraction of sp³-hybridized carbons (Fsp3) is 0.200. The predicted octanol–water partition coefficient (Wildman–Crippen LogP) is 2.15. The first kappa shape index (κ1) is 12.6. The van der Waals surface area contributed by atoms with E-state index in [2.05, 4.69) is 12.2 Å². The van der Waals surface area contributed by atoms with Gasteiger partial charge in [-0.15, -0.1) is 0 Å². The molecule has 76 valence electrons. The molecule has 0 fully saturated rings. The Morgan fingerprint density at radius 2 is 2.00 bits per heavy atom. The van der Waals surface area contributed by atoms with E-state index < -0.39 is 0 Å². The van der Waals surface area contributed by atoms with Crippen molar-refractivity contribution in [2.24, 2.45) is 5.73 Å². The molecule has 3 nitrogen and oxygen atoms in total. The molecule has 0 aromatic heterocycles. The maximum Gasteiger partial charge on any atom is 0.259 e. The molecule has 2 N–H and O–H groups in total. The predicted molar refractivity (Wildman–Crippen MR) is 60.6 cm³/mol. The minimum atomic E-state index is -0.0932. The highest BCUT2D eigenvalue weighted by Crippen LogP contribution is 2.14. The Labute approximate surface area is 88.9 Å². The minimum Gasteiger partial charge on any atom is -0.431 e. The molecule has 0 unspecified atom stereocenters. The van der Waals surface area contributed by atoms with Crippen LogP contribution in [0.3, 0.4) is 0 Å². The summed E-state index contributed by atoms with van der Waals surface area (Å²) in [5.74, 6) is 0.389. The Hall–Kier alpha value is -1.42. The van der Waals surface area contributed by atoms with Crippen molar-refractivity contribution in [2.75, 3.05) is 0 Å². The molecule has 1 aromatic rings. The van der Waals surface area contributed by atoms with Crippen LogP contribution in [0, 0.1) is 0 Å². The summed E-state index contributed by atoms with van der Waals surface area (Å²) in [6, 6.07) is 6.72. The Kier molecular flexibility index (Phi) is 6.32. The smallest absolute Gasteiger partial charge is 0.259 e. The van der Waals surface area contributed by atoms with Crippen molar-refractivity contribution in [1.29, 1.82) is 0 Å². The average Bonchev–Trinajstić information content (AvgIpc) is 2.21. The zero-order chi connectivity index (χ0) is 11.0. The van der Waals surface area contributed by atoms with Gasteiger partial charge in [0.1, 0.15) is 5.75 Å². The van der Waals surface area contributed by atoms with E-state index in [0.29, 0.717) is 17.6 Å². The van der Waals surface area contributed by atoms with Crippen LogP contribution < -0.4 is 10.5 Å². The van der Waals surface area contributed by atoms with E-state index in [4.69, 9.17) is 10.5 Å². The molecular weight excluding hydrogens is 198 g/mol. The van der Waals surface area contributed by atoms with Gasteiger partial charge in [-0.3, -0.25) is 4.79 Å². The van der Waals surface area contributed by atoms with Gasteiger partial charge < -0.3 is 10.5 Å². The number of benzene rings is 1. The molecule has 14 heavy (non-hydrogen) atoms. The third-order valence-corrected chi connectivity index (χ3v) is 1.34. The van der Waals surface area contributed by atoms with Gasteiger partial charge in [-0.2, -0.15) is 0 Å². The zero-order valence-electron chi connectivity index (χ0n) is 8.19. The highest BCUT2D eigenvalue weighted by Gasteiger charge is 2.01. The van der Waals surface area contributed by atoms with E-state index in [1.165, 1.54) is 0 Å². The lowest BCUT2D eigenvalue weighted by molar-refractivity contribution is 0.112. The van der Waals surface area contributed by atoms with Crippen LogP contribution in [0.2, 0.25) is 0 Å². The summed E-state index contributed by atoms with van der Waals surface area (Å²) in [6.45, 7) is 4.00. The first-order valence-electron chi connectivity index (χ1n) is 4.25. The highest BCUT2D eigenvalue weighted by atomic mass is 32.1. The monoisotopic (exact) mass is 211 g/mol. The van der Waals surface area contributed by atoms with Gasteiger partial charge in [0.05, 0.1) is 5.56 Å². The van der Waals surface area contributed by atoms with Crippen LogP contribution in [-0.4, -0.2) is 11.5 Å². The number of nitrogens with two attached hydrogens (primary N) is 1. The number of hydrogen-bond acceptors (Lipinski definition) is 3. The van der Waals surface area contributed by atoms with Crippen LogP contribution in [0.4, 0.5) is 0 Å². The molecule has 4 heteroatoms. The van der Waals surface area contributed by atoms with Crippen molar-refractivity contribution in [3.8, 4) is 5.75 Å². The number of hydrogen-bond donors (Lipinski definition) is 1. The molecule has 0 radical (unpaired) electrons. The van der Waals surface area contributed by atoms with Crippen LogP contribution in [-0.2, 0) is 0 Å². The Bertz CT molecular complexity index is 313. The Balaban J connectivity index is 0.000000791. The first-order valence-corrected chi connectivity index (χ1v) is 4.66. The second kappa shape index (κ2) is 7.03. The lowest BCUT2D eigenvalue weighted by Gasteiger charge is -2.03. The minimum absolute atomic E-state index is 0.0932. The molecule has 0 saturated heterocycles. The number of aldehydes is 1. The van der Waals surface area contributed by atoms with Gasteiger partial charge in [0.25, 0.3) is 5.17 Å². The molecule has 0 aliphatic heterocycles. The van der Waals surface area contributed by atoms with Crippen molar-refractivity contribution in [3.63, 3.8) is 0 Å². The second-order valence-corrected chi connectivity index (χ2v) is 2.48. The normalized spacial score (nSPS) is 8.14. The Morgan fingerprint density at radius 3 is 2.50 bits per heavy atom. The van der Waals surface area contributed by atoms with E-state index in [0.717, 1.165) is 0 Å². The molecule has 0 heterocycles. The summed E-state index contributed by atoms with van der Waals surface area (Å²) in [4.78, 5) is 10.4. The average molecular weight is 211 g/mol. The lowest BCUT2D eigenvalue weighted by atomic mass is 10.2. The fourth-order valence-electron chi connectivity index (χ4n) is 0.779. The number of thiocarbonyl (C=S) groups is 1. The summed E-state index contributed by atoms with van der Waals surface area (Å²) >= 11 is 4.52. The highest BCUT2D eigenvalue weighted by molar-refractivity contribution is 7.80. The summed E-state index contributed by atoms with van der Waals surface area (Å²) in [6.07, 6.45) is 0.688. The zero-order valence-corrected chi connectivity index (χ0v) is 9.01. The SMILES string of the molecule is CC.NC(=S)Oc1ccccc1C=O. The molecule has 0 aliphatic rings. The van der Waals surface area contributed by atoms with Crippen LogP contribution in [0.25, 0.3) is 0 Å². The van der Waals surface area contributed by atoms with Crippen molar-refractivity contribution < 1.29 is 9.53 Å². The van der Waals surface area contributed by atoms with Crippen molar-refractivity contribution >= 4 is 23.7 Å². The van der Waals surface area contributed by atoms with E-state index >= 15 is 0 Å². The van der Waals surface area contributed by atoms with Gasteiger partial charge in [-0.05, 0) is 24.4 Å². The first-order chi connectivity index (χ1) is 6.74. The number of rotatable bonds is 2. The second-order valence-electron chi connectivity index (χ2n) is 2.08. The molecular formula is C10H13NO2S. The third-order valence-electron chi connectivity index (χ3n) is 1.26. The maximum absolute atomic E-state index is 10.4. The maximum atomic E-state index is 10.4. The number of carbonyl (C=O) groups is 1. The largest absolute Gasteiger partial charge is 0.431 e. The number of carbonyl (C=O) groups excluding carboxylic acids is 1. The molecule has 1 rings (SSSR count). The number of ether oxygens (including phenoxy) is 1. The van der Waals surface area contributed by atoms with Crippen LogP contribution >= 0.6 is 12.2 Å². The van der Waals surface area contributed by atoms with Crippen LogP contribution in [0.5, 0.6) is 5.75 Å². The van der Waals surface area contributed by atoms with Gasteiger partial charge in [0, 0.05) is 0 Å². The van der Waals surface area contributed by atoms with Crippen LogP contribution in [0.1, 0.15) is 24.2 Å². The molecule has 1 aromatic carbocycles.